The van der Waals surface area contributed by atoms with Crippen LogP contribution in [0.15, 0.2) is 0 Å². The Hall–Kier alpha value is -0.300. The minimum absolute atomic E-state index is 0.330. The van der Waals surface area contributed by atoms with Crippen molar-refractivity contribution in [1.29, 1.82) is 0 Å². The van der Waals surface area contributed by atoms with Gasteiger partial charge >= 0.3 is 15.6 Å². The topological polar surface area (TPSA) is 43.4 Å². The van der Waals surface area contributed by atoms with E-state index in [4.69, 9.17) is 0 Å². The van der Waals surface area contributed by atoms with Gasteiger partial charge in [-0.3, -0.25) is 4.18 Å². The third-order valence-corrected chi connectivity index (χ3v) is 3.49. The lowest BCUT2D eigenvalue weighted by Crippen LogP contribution is -2.25. The molecule has 0 aromatic carbocycles. The van der Waals surface area contributed by atoms with Crippen LogP contribution in [0.5, 0.6) is 0 Å². The van der Waals surface area contributed by atoms with Crippen LogP contribution in [0.4, 0.5) is 13.2 Å². The Morgan fingerprint density at radius 3 is 2.00 bits per heavy atom. The summed E-state index contributed by atoms with van der Waals surface area (Å²) in [6.07, 6.45) is 5.16. The number of hydrogen-bond donors (Lipinski definition) is 0. The lowest BCUT2D eigenvalue weighted by molar-refractivity contribution is -0.0542. The molecule has 0 heterocycles. The first-order chi connectivity index (χ1) is 8.17. The normalized spacial score (nSPS) is 13.2. The van der Waals surface area contributed by atoms with Crippen molar-refractivity contribution in [1.82, 2.24) is 0 Å². The van der Waals surface area contributed by atoms with E-state index in [1.807, 2.05) is 0 Å². The largest absolute Gasteiger partial charge is 0.523 e. The van der Waals surface area contributed by atoms with Crippen molar-refractivity contribution in [3.05, 3.63) is 0 Å². The molecule has 0 unspecified atom stereocenters. The van der Waals surface area contributed by atoms with Crippen LogP contribution in [0.3, 0.4) is 0 Å². The van der Waals surface area contributed by atoms with Crippen LogP contribution < -0.4 is 0 Å². The second kappa shape index (κ2) is 7.99. The minimum atomic E-state index is -5.41. The molecule has 18 heavy (non-hydrogen) atoms. The fourth-order valence-electron chi connectivity index (χ4n) is 1.42. The molecule has 7 heteroatoms. The minimum Gasteiger partial charge on any atom is -0.263 e. The molecule has 0 fully saturated rings. The van der Waals surface area contributed by atoms with Crippen molar-refractivity contribution in [3.63, 3.8) is 0 Å². The Morgan fingerprint density at radius 1 is 1.00 bits per heavy atom. The van der Waals surface area contributed by atoms with Gasteiger partial charge in [-0.1, -0.05) is 46.0 Å². The van der Waals surface area contributed by atoms with Crippen molar-refractivity contribution < 1.29 is 25.8 Å². The average molecular weight is 290 g/mol. The zero-order valence-corrected chi connectivity index (χ0v) is 11.6. The Kier molecular flexibility index (Phi) is 7.86. The number of alkyl halides is 3. The molecule has 3 nitrogen and oxygen atoms in total. The van der Waals surface area contributed by atoms with Gasteiger partial charge in [0.2, 0.25) is 0 Å². The third-order valence-electron chi connectivity index (χ3n) is 2.45. The summed E-state index contributed by atoms with van der Waals surface area (Å²) >= 11 is 0. The third kappa shape index (κ3) is 7.92. The van der Waals surface area contributed by atoms with E-state index in [9.17, 15) is 21.6 Å². The zero-order chi connectivity index (χ0) is 14.2. The summed E-state index contributed by atoms with van der Waals surface area (Å²) in [6, 6.07) is 0. The summed E-state index contributed by atoms with van der Waals surface area (Å²) < 4.78 is 60.5. The molecule has 0 aliphatic heterocycles. The Balaban J connectivity index is 3.53. The molecule has 0 saturated heterocycles. The fraction of sp³-hybridized carbons (Fsp3) is 1.00. The summed E-state index contributed by atoms with van der Waals surface area (Å²) in [4.78, 5) is 0. The van der Waals surface area contributed by atoms with Crippen molar-refractivity contribution in [2.24, 2.45) is 5.92 Å². The molecule has 0 N–H and O–H groups in total. The summed E-state index contributed by atoms with van der Waals surface area (Å²) in [5, 5.41) is 0. The van der Waals surface area contributed by atoms with Gasteiger partial charge in [-0.2, -0.15) is 21.6 Å². The van der Waals surface area contributed by atoms with Crippen molar-refractivity contribution in [3.8, 4) is 0 Å². The maximum atomic E-state index is 11.9. The van der Waals surface area contributed by atoms with Crippen LogP contribution in [0.1, 0.15) is 52.4 Å². The van der Waals surface area contributed by atoms with Crippen LogP contribution in [-0.4, -0.2) is 20.5 Å². The highest BCUT2D eigenvalue weighted by molar-refractivity contribution is 7.87. The second-order valence-corrected chi connectivity index (χ2v) is 6.28. The molecule has 0 aromatic heterocycles. The van der Waals surface area contributed by atoms with Gasteiger partial charge in [0.25, 0.3) is 0 Å². The van der Waals surface area contributed by atoms with E-state index in [1.54, 1.807) is 0 Å². The lowest BCUT2D eigenvalue weighted by Gasteiger charge is -2.08. The van der Waals surface area contributed by atoms with Crippen molar-refractivity contribution >= 4 is 10.1 Å². The van der Waals surface area contributed by atoms with Gasteiger partial charge in [-0.15, -0.1) is 0 Å². The van der Waals surface area contributed by atoms with E-state index >= 15 is 0 Å². The van der Waals surface area contributed by atoms with Gasteiger partial charge in [0, 0.05) is 0 Å². The van der Waals surface area contributed by atoms with Crippen LogP contribution in [0, 0.1) is 5.92 Å². The van der Waals surface area contributed by atoms with Gasteiger partial charge in [-0.25, -0.2) is 0 Å². The highest BCUT2D eigenvalue weighted by atomic mass is 32.2. The molecule has 0 atom stereocenters. The summed E-state index contributed by atoms with van der Waals surface area (Å²) in [5.74, 6) is 0.658. The fourth-order valence-corrected chi connectivity index (χ4v) is 1.89. The molecule has 0 aliphatic rings. The van der Waals surface area contributed by atoms with E-state index in [-0.39, 0.29) is 0 Å². The Morgan fingerprint density at radius 2 is 1.50 bits per heavy atom. The number of hydrogen-bond acceptors (Lipinski definition) is 3. The van der Waals surface area contributed by atoms with E-state index in [1.165, 1.54) is 0 Å². The summed E-state index contributed by atoms with van der Waals surface area (Å²) in [5.41, 5.74) is -5.32. The highest BCUT2D eigenvalue weighted by Crippen LogP contribution is 2.24. The quantitative estimate of drug-likeness (QED) is 0.368. The van der Waals surface area contributed by atoms with Gasteiger partial charge in [0.15, 0.2) is 0 Å². The van der Waals surface area contributed by atoms with Gasteiger partial charge in [-0.05, 0) is 12.3 Å². The number of unbranched alkanes of at least 4 members (excludes halogenated alkanes) is 4. The Bertz CT molecular complexity index is 310. The predicted molar refractivity (Wildman–Crippen MR) is 63.5 cm³/mol. The average Bonchev–Trinajstić information content (AvgIpc) is 2.19. The molecule has 0 amide bonds. The van der Waals surface area contributed by atoms with E-state index in [2.05, 4.69) is 18.0 Å². The number of rotatable bonds is 9. The van der Waals surface area contributed by atoms with E-state index in [0.29, 0.717) is 18.8 Å². The molecular weight excluding hydrogens is 269 g/mol. The molecule has 0 aliphatic carbocycles. The van der Waals surface area contributed by atoms with Gasteiger partial charge in [0.1, 0.15) is 0 Å². The maximum absolute atomic E-state index is 11.9. The molecule has 110 valence electrons. The molecule has 0 radical (unpaired) electrons. The summed E-state index contributed by atoms with van der Waals surface area (Å²) in [7, 11) is -5.41. The SMILES string of the molecule is CC(C)CCCCCCCOS(=O)(=O)C(F)(F)F. The van der Waals surface area contributed by atoms with Crippen molar-refractivity contribution in [2.75, 3.05) is 6.61 Å². The van der Waals surface area contributed by atoms with Crippen LogP contribution in [-0.2, 0) is 14.3 Å². The standard InChI is InChI=1S/C11H21F3O3S/c1-10(2)8-6-4-3-5-7-9-17-18(15,16)11(12,13)14/h10H,3-9H2,1-2H3. The zero-order valence-electron chi connectivity index (χ0n) is 10.8. The molecule has 0 bridgehead atoms. The maximum Gasteiger partial charge on any atom is 0.523 e. The lowest BCUT2D eigenvalue weighted by atomic mass is 10.0. The molecule has 0 saturated carbocycles. The smallest absolute Gasteiger partial charge is 0.263 e. The van der Waals surface area contributed by atoms with Crippen LogP contribution >= 0.6 is 0 Å². The first-order valence-electron chi connectivity index (χ1n) is 6.12. The monoisotopic (exact) mass is 290 g/mol. The number of halogens is 3. The van der Waals surface area contributed by atoms with Crippen LogP contribution in [0.25, 0.3) is 0 Å². The van der Waals surface area contributed by atoms with Gasteiger partial charge < -0.3 is 0 Å². The van der Waals surface area contributed by atoms with Crippen molar-refractivity contribution in [2.45, 2.75) is 57.9 Å². The molecule has 0 spiro atoms. The molecular formula is C11H21F3O3S. The van der Waals surface area contributed by atoms with Crippen LogP contribution in [0.2, 0.25) is 0 Å². The van der Waals surface area contributed by atoms with E-state index < -0.39 is 22.2 Å². The molecule has 0 aromatic rings. The molecule has 0 rings (SSSR count). The first kappa shape index (κ1) is 17.7. The highest BCUT2D eigenvalue weighted by Gasteiger charge is 2.47. The summed E-state index contributed by atoms with van der Waals surface area (Å²) in [6.45, 7) is 3.87. The van der Waals surface area contributed by atoms with E-state index in [0.717, 1.165) is 25.7 Å². The second-order valence-electron chi connectivity index (χ2n) is 4.67. The predicted octanol–water partition coefficient (Wildman–Crippen LogP) is 3.85. The first-order valence-corrected chi connectivity index (χ1v) is 7.53. The Labute approximate surface area is 107 Å². The van der Waals surface area contributed by atoms with Gasteiger partial charge in [0.05, 0.1) is 6.61 Å².